The third-order valence-electron chi connectivity index (χ3n) is 6.14. The van der Waals surface area contributed by atoms with Gasteiger partial charge in [0.15, 0.2) is 5.96 Å². The predicted molar refractivity (Wildman–Crippen MR) is 143 cm³/mol. The van der Waals surface area contributed by atoms with Crippen LogP contribution in [0.25, 0.3) is 0 Å². The third kappa shape index (κ3) is 7.08. The molecule has 0 aliphatic carbocycles. The molecule has 2 fully saturated rings. The first-order valence-corrected chi connectivity index (χ1v) is 11.4. The highest BCUT2D eigenvalue weighted by molar-refractivity contribution is 14.0. The summed E-state index contributed by atoms with van der Waals surface area (Å²) in [5.41, 5.74) is 5.23. The lowest BCUT2D eigenvalue weighted by molar-refractivity contribution is 0.0342. The van der Waals surface area contributed by atoms with Gasteiger partial charge in [0.25, 0.3) is 0 Å². The Bertz CT molecular complexity index is 850. The number of nitrogens with one attached hydrogen (secondary N) is 2. The minimum atomic E-state index is 0. The number of aryl methyl sites for hydroxylation is 1. The van der Waals surface area contributed by atoms with E-state index in [0.717, 1.165) is 64.9 Å². The van der Waals surface area contributed by atoms with E-state index in [1.54, 1.807) is 0 Å². The van der Waals surface area contributed by atoms with Gasteiger partial charge in [0.1, 0.15) is 0 Å². The number of halogens is 1. The van der Waals surface area contributed by atoms with Crippen LogP contribution in [0, 0.1) is 6.92 Å². The molecule has 0 radical (unpaired) electrons. The summed E-state index contributed by atoms with van der Waals surface area (Å²) in [5, 5.41) is 7.06. The predicted octanol–water partition coefficient (Wildman–Crippen LogP) is 3.39. The second kappa shape index (κ2) is 12.4. The van der Waals surface area contributed by atoms with E-state index in [0.29, 0.717) is 6.04 Å². The molecule has 2 aliphatic heterocycles. The van der Waals surface area contributed by atoms with Gasteiger partial charge in [-0.15, -0.1) is 24.0 Å². The first-order chi connectivity index (χ1) is 15.2. The molecule has 7 heteroatoms. The van der Waals surface area contributed by atoms with E-state index in [1.807, 2.05) is 7.05 Å². The maximum Gasteiger partial charge on any atom is 0.191 e. The summed E-state index contributed by atoms with van der Waals surface area (Å²) in [5.74, 6) is 0.869. The molecule has 174 valence electrons. The summed E-state index contributed by atoms with van der Waals surface area (Å²) in [4.78, 5) is 9.32. The van der Waals surface area contributed by atoms with Gasteiger partial charge in [-0.05, 0) is 36.6 Å². The van der Waals surface area contributed by atoms with E-state index in [4.69, 9.17) is 4.74 Å². The van der Waals surface area contributed by atoms with Crippen LogP contribution in [0.2, 0.25) is 0 Å². The second-order valence-corrected chi connectivity index (χ2v) is 8.54. The number of guanidine groups is 1. The SMILES string of the molecule is CN=C(NCc1ccc(CN2CCOCC2)cc1)NC1CCN(c2ccc(C)cc2)C1.I. The van der Waals surface area contributed by atoms with E-state index in [-0.39, 0.29) is 24.0 Å². The zero-order chi connectivity index (χ0) is 21.5. The Morgan fingerprint density at radius 3 is 2.38 bits per heavy atom. The summed E-state index contributed by atoms with van der Waals surface area (Å²) in [6.45, 7) is 9.70. The van der Waals surface area contributed by atoms with Crippen molar-refractivity contribution in [3.63, 3.8) is 0 Å². The highest BCUT2D eigenvalue weighted by atomic mass is 127. The standard InChI is InChI=1S/C25H35N5O.HI/c1-20-3-9-24(10-4-20)30-12-11-23(19-30)28-25(26-2)27-17-21-5-7-22(8-6-21)18-29-13-15-31-16-14-29;/h3-10,23H,11-19H2,1-2H3,(H2,26,27,28);1H. The van der Waals surface area contributed by atoms with Crippen LogP contribution in [0.1, 0.15) is 23.1 Å². The van der Waals surface area contributed by atoms with Gasteiger partial charge in [-0.3, -0.25) is 9.89 Å². The maximum absolute atomic E-state index is 5.43. The minimum absolute atomic E-state index is 0. The van der Waals surface area contributed by atoms with Crippen LogP contribution >= 0.6 is 24.0 Å². The van der Waals surface area contributed by atoms with Gasteiger partial charge < -0.3 is 20.3 Å². The molecule has 2 heterocycles. The molecule has 6 nitrogen and oxygen atoms in total. The molecule has 0 bridgehead atoms. The van der Waals surface area contributed by atoms with Gasteiger partial charge >= 0.3 is 0 Å². The molecule has 32 heavy (non-hydrogen) atoms. The average Bonchev–Trinajstić information content (AvgIpc) is 3.27. The first-order valence-electron chi connectivity index (χ1n) is 11.4. The molecule has 1 unspecified atom stereocenters. The fourth-order valence-electron chi connectivity index (χ4n) is 4.22. The van der Waals surface area contributed by atoms with Crippen LogP contribution in [0.5, 0.6) is 0 Å². The molecule has 2 aromatic carbocycles. The molecule has 0 amide bonds. The zero-order valence-corrected chi connectivity index (χ0v) is 21.5. The van der Waals surface area contributed by atoms with Crippen LogP contribution in [-0.2, 0) is 17.8 Å². The number of benzene rings is 2. The highest BCUT2D eigenvalue weighted by Gasteiger charge is 2.23. The van der Waals surface area contributed by atoms with Crippen molar-refractivity contribution in [1.29, 1.82) is 0 Å². The van der Waals surface area contributed by atoms with Gasteiger partial charge in [-0.2, -0.15) is 0 Å². The van der Waals surface area contributed by atoms with Gasteiger partial charge in [0, 0.05) is 58.0 Å². The third-order valence-corrected chi connectivity index (χ3v) is 6.14. The molecule has 2 aromatic rings. The summed E-state index contributed by atoms with van der Waals surface area (Å²) >= 11 is 0. The van der Waals surface area contributed by atoms with Crippen LogP contribution < -0.4 is 15.5 Å². The number of rotatable bonds is 6. The largest absolute Gasteiger partial charge is 0.379 e. The van der Waals surface area contributed by atoms with Crippen molar-refractivity contribution in [2.24, 2.45) is 4.99 Å². The van der Waals surface area contributed by atoms with Crippen molar-refractivity contribution in [2.75, 3.05) is 51.3 Å². The monoisotopic (exact) mass is 549 g/mol. The number of nitrogens with zero attached hydrogens (tertiary/aromatic N) is 3. The summed E-state index contributed by atoms with van der Waals surface area (Å²) in [6.07, 6.45) is 1.12. The number of hydrogen-bond donors (Lipinski definition) is 2. The molecule has 2 N–H and O–H groups in total. The fraction of sp³-hybridized carbons (Fsp3) is 0.480. The fourth-order valence-corrected chi connectivity index (χ4v) is 4.22. The van der Waals surface area contributed by atoms with Crippen molar-refractivity contribution >= 4 is 35.6 Å². The smallest absolute Gasteiger partial charge is 0.191 e. The highest BCUT2D eigenvalue weighted by Crippen LogP contribution is 2.20. The number of aliphatic imine (C=N–C) groups is 1. The van der Waals surface area contributed by atoms with E-state index < -0.39 is 0 Å². The van der Waals surface area contributed by atoms with Crippen LogP contribution in [0.3, 0.4) is 0 Å². The topological polar surface area (TPSA) is 52.1 Å². The van der Waals surface area contributed by atoms with Crippen molar-refractivity contribution < 1.29 is 4.74 Å². The van der Waals surface area contributed by atoms with Gasteiger partial charge in [-0.25, -0.2) is 0 Å². The van der Waals surface area contributed by atoms with Crippen molar-refractivity contribution in [3.05, 3.63) is 65.2 Å². The lowest BCUT2D eigenvalue weighted by Gasteiger charge is -2.26. The molecule has 1 atom stereocenters. The van der Waals surface area contributed by atoms with Crippen LogP contribution in [0.4, 0.5) is 5.69 Å². The molecule has 0 aromatic heterocycles. The van der Waals surface area contributed by atoms with Gasteiger partial charge in [0.05, 0.1) is 13.2 Å². The number of anilines is 1. The van der Waals surface area contributed by atoms with E-state index in [1.165, 1.54) is 22.4 Å². The van der Waals surface area contributed by atoms with E-state index in [9.17, 15) is 0 Å². The Balaban J connectivity index is 0.00000289. The number of hydrogen-bond acceptors (Lipinski definition) is 4. The normalized spacial score (nSPS) is 19.5. The molecular weight excluding hydrogens is 513 g/mol. The maximum atomic E-state index is 5.43. The van der Waals surface area contributed by atoms with Gasteiger partial charge in [-0.1, -0.05) is 42.0 Å². The summed E-state index contributed by atoms with van der Waals surface area (Å²) < 4.78 is 5.43. The quantitative estimate of drug-likeness (QED) is 0.329. The lowest BCUT2D eigenvalue weighted by atomic mass is 10.1. The van der Waals surface area contributed by atoms with Crippen molar-refractivity contribution in [1.82, 2.24) is 15.5 Å². The molecule has 2 aliphatic rings. The van der Waals surface area contributed by atoms with Crippen LogP contribution in [-0.4, -0.2) is 63.3 Å². The molecule has 4 rings (SSSR count). The van der Waals surface area contributed by atoms with Crippen molar-refractivity contribution in [2.45, 2.75) is 32.5 Å². The van der Waals surface area contributed by atoms with Crippen LogP contribution in [0.15, 0.2) is 53.5 Å². The molecule has 0 saturated carbocycles. The summed E-state index contributed by atoms with van der Waals surface area (Å²) in [7, 11) is 1.84. The molecule has 0 spiro atoms. The molecule has 2 saturated heterocycles. The first kappa shape index (κ1) is 24.8. The van der Waals surface area contributed by atoms with Gasteiger partial charge in [0.2, 0.25) is 0 Å². The second-order valence-electron chi connectivity index (χ2n) is 8.54. The molecular formula is C25H36IN5O. The Morgan fingerprint density at radius 1 is 1.00 bits per heavy atom. The average molecular weight is 550 g/mol. The Morgan fingerprint density at radius 2 is 1.69 bits per heavy atom. The minimum Gasteiger partial charge on any atom is -0.379 e. The van der Waals surface area contributed by atoms with Crippen molar-refractivity contribution in [3.8, 4) is 0 Å². The number of ether oxygens (including phenoxy) is 1. The van der Waals surface area contributed by atoms with E-state index in [2.05, 4.69) is 80.9 Å². The summed E-state index contributed by atoms with van der Waals surface area (Å²) in [6, 6.07) is 18.1. The Kier molecular flexibility index (Phi) is 9.62. The Hall–Kier alpha value is -1.84. The number of morpholine rings is 1. The Labute approximate surface area is 209 Å². The van der Waals surface area contributed by atoms with E-state index >= 15 is 0 Å². The lowest BCUT2D eigenvalue weighted by Crippen LogP contribution is -2.44. The zero-order valence-electron chi connectivity index (χ0n) is 19.2.